The fraction of sp³-hybridized carbons (Fsp3) is 0.385. The molecule has 2 heterocycles. The Morgan fingerprint density at radius 3 is 2.94 bits per heavy atom. The van der Waals surface area contributed by atoms with E-state index >= 15 is 0 Å². The molecule has 2 aromatic carbocycles. The highest BCUT2D eigenvalue weighted by Crippen LogP contribution is 2.48. The van der Waals surface area contributed by atoms with E-state index in [9.17, 15) is 15.2 Å². The van der Waals surface area contributed by atoms with E-state index in [1.54, 1.807) is 18.2 Å². The summed E-state index contributed by atoms with van der Waals surface area (Å²) in [6, 6.07) is 13.4. The number of ether oxygens (including phenoxy) is 1. The maximum absolute atomic E-state index is 12.5. The summed E-state index contributed by atoms with van der Waals surface area (Å²) in [7, 11) is 0. The third kappa shape index (κ3) is 3.82. The van der Waals surface area contributed by atoms with Gasteiger partial charge in [0.05, 0.1) is 24.3 Å². The van der Waals surface area contributed by atoms with Gasteiger partial charge in [0.2, 0.25) is 11.7 Å². The number of hydrogen-bond donors (Lipinski definition) is 1. The van der Waals surface area contributed by atoms with Crippen molar-refractivity contribution in [2.24, 2.45) is 5.92 Å². The number of β-amino-alcohol motifs (C(OH)–C–C–N with tert-alkyl or cyclic N) is 1. The zero-order valence-electron chi connectivity index (χ0n) is 19.2. The van der Waals surface area contributed by atoms with E-state index in [1.807, 2.05) is 30.9 Å². The Balaban J connectivity index is 1.48. The monoisotopic (exact) mass is 458 g/mol. The van der Waals surface area contributed by atoms with E-state index in [0.29, 0.717) is 47.5 Å². The number of fused-ring (bicyclic) bond motifs is 3. The van der Waals surface area contributed by atoms with Crippen molar-refractivity contribution in [3.8, 4) is 34.7 Å². The molecule has 2 aliphatic rings. The quantitative estimate of drug-likeness (QED) is 0.596. The number of likely N-dealkylation sites (tertiary alicyclic amines) is 1. The summed E-state index contributed by atoms with van der Waals surface area (Å²) < 4.78 is 11.3. The molecule has 3 aromatic rings. The van der Waals surface area contributed by atoms with Crippen LogP contribution in [0.15, 0.2) is 40.9 Å². The van der Waals surface area contributed by atoms with Crippen LogP contribution in [-0.2, 0) is 11.2 Å². The summed E-state index contributed by atoms with van der Waals surface area (Å²) in [5, 5.41) is 23.3. The van der Waals surface area contributed by atoms with Gasteiger partial charge in [-0.25, -0.2) is 0 Å². The minimum atomic E-state index is -0.0517. The molecule has 34 heavy (non-hydrogen) atoms. The van der Waals surface area contributed by atoms with Crippen molar-refractivity contribution >= 4 is 5.91 Å². The van der Waals surface area contributed by atoms with Crippen molar-refractivity contribution in [3.05, 3.63) is 53.1 Å². The number of carbonyl (C=O) groups excluding carboxylic acids is 1. The lowest BCUT2D eigenvalue weighted by Gasteiger charge is -2.37. The van der Waals surface area contributed by atoms with Crippen LogP contribution in [0.2, 0.25) is 0 Å². The number of aromatic nitrogens is 2. The van der Waals surface area contributed by atoms with E-state index in [1.165, 1.54) is 0 Å². The summed E-state index contributed by atoms with van der Waals surface area (Å²) in [6.07, 6.45) is 2.13. The van der Waals surface area contributed by atoms with E-state index in [-0.39, 0.29) is 24.7 Å². The SMILES string of the molecule is CC(C)Oc1ccc(-c2nc(-c3cccc4c3CC3CCC(=O)N(CCO)C43)no2)cc1C#N. The molecule has 1 aliphatic heterocycles. The first-order valence-corrected chi connectivity index (χ1v) is 11.6. The van der Waals surface area contributed by atoms with Crippen LogP contribution in [0.1, 0.15) is 49.4 Å². The number of aliphatic hydroxyl groups is 1. The van der Waals surface area contributed by atoms with E-state index in [2.05, 4.69) is 22.3 Å². The van der Waals surface area contributed by atoms with Crippen LogP contribution in [0, 0.1) is 17.2 Å². The van der Waals surface area contributed by atoms with Gasteiger partial charge >= 0.3 is 0 Å². The van der Waals surface area contributed by atoms with Crippen LogP contribution in [0.4, 0.5) is 0 Å². The molecular formula is C26H26N4O4. The summed E-state index contributed by atoms with van der Waals surface area (Å²) in [4.78, 5) is 19.0. The van der Waals surface area contributed by atoms with Gasteiger partial charge in [-0.1, -0.05) is 23.4 Å². The number of hydrogen-bond acceptors (Lipinski definition) is 7. The molecule has 174 valence electrons. The van der Waals surface area contributed by atoms with Crippen molar-refractivity contribution in [2.45, 2.75) is 45.3 Å². The number of piperidine rings is 1. The first-order chi connectivity index (χ1) is 16.5. The molecular weight excluding hydrogens is 432 g/mol. The highest BCUT2D eigenvalue weighted by atomic mass is 16.5. The number of nitrogens with zero attached hydrogens (tertiary/aromatic N) is 4. The summed E-state index contributed by atoms with van der Waals surface area (Å²) in [5.41, 5.74) is 4.16. The summed E-state index contributed by atoms with van der Waals surface area (Å²) >= 11 is 0. The molecule has 2 atom stereocenters. The van der Waals surface area contributed by atoms with Crippen LogP contribution in [0.5, 0.6) is 5.75 Å². The Morgan fingerprint density at radius 2 is 2.18 bits per heavy atom. The predicted molar refractivity (Wildman–Crippen MR) is 124 cm³/mol. The van der Waals surface area contributed by atoms with Gasteiger partial charge in [0.15, 0.2) is 0 Å². The Labute approximate surface area is 197 Å². The molecule has 8 nitrogen and oxygen atoms in total. The molecule has 1 aliphatic carbocycles. The number of amides is 1. The zero-order valence-corrected chi connectivity index (χ0v) is 19.2. The van der Waals surface area contributed by atoms with Crippen LogP contribution in [0.3, 0.4) is 0 Å². The lowest BCUT2D eigenvalue weighted by Crippen LogP contribution is -2.42. The highest BCUT2D eigenvalue weighted by molar-refractivity contribution is 5.79. The first kappa shape index (κ1) is 22.1. The molecule has 0 radical (unpaired) electrons. The third-order valence-electron chi connectivity index (χ3n) is 6.55. The molecule has 1 N–H and O–H groups in total. The second kappa shape index (κ2) is 8.92. The topological polar surface area (TPSA) is 112 Å². The van der Waals surface area contributed by atoms with Crippen LogP contribution >= 0.6 is 0 Å². The third-order valence-corrected chi connectivity index (χ3v) is 6.55. The van der Waals surface area contributed by atoms with Gasteiger partial charge in [-0.05, 0) is 61.9 Å². The van der Waals surface area contributed by atoms with Crippen LogP contribution in [0.25, 0.3) is 22.8 Å². The van der Waals surface area contributed by atoms with Crippen molar-refractivity contribution in [3.63, 3.8) is 0 Å². The average Bonchev–Trinajstić information content (AvgIpc) is 3.46. The maximum Gasteiger partial charge on any atom is 0.258 e. The fourth-order valence-electron chi connectivity index (χ4n) is 5.17. The number of carbonyl (C=O) groups is 1. The fourth-order valence-corrected chi connectivity index (χ4v) is 5.17. The Bertz CT molecular complexity index is 1280. The van der Waals surface area contributed by atoms with Gasteiger partial charge < -0.3 is 19.3 Å². The summed E-state index contributed by atoms with van der Waals surface area (Å²) in [5.74, 6) is 1.73. The number of benzene rings is 2. The van der Waals surface area contributed by atoms with E-state index < -0.39 is 0 Å². The standard InChI is InChI=1S/C26H26N4O4/c1-15(2)33-22-8-6-17(12-18(22)14-27)26-28-25(29-34-26)20-5-3-4-19-21(20)13-16-7-9-23(32)30(10-11-31)24(16)19/h3-6,8,12,15-16,24,31H,7,9-11,13H2,1-2H3. The zero-order chi connectivity index (χ0) is 23.8. The Kier molecular flexibility index (Phi) is 5.80. The Hall–Kier alpha value is -3.70. The largest absolute Gasteiger partial charge is 0.490 e. The number of aliphatic hydroxyl groups excluding tert-OH is 1. The normalized spacial score (nSPS) is 19.1. The predicted octanol–water partition coefficient (Wildman–Crippen LogP) is 3.89. The maximum atomic E-state index is 12.5. The van der Waals surface area contributed by atoms with Gasteiger partial charge in [-0.3, -0.25) is 4.79 Å². The van der Waals surface area contributed by atoms with E-state index in [0.717, 1.165) is 29.5 Å². The second-order valence-electron chi connectivity index (χ2n) is 9.04. The lowest BCUT2D eigenvalue weighted by molar-refractivity contribution is -0.139. The minimum absolute atomic E-state index is 0.0265. The van der Waals surface area contributed by atoms with Gasteiger partial charge in [0.25, 0.3) is 5.89 Å². The molecule has 8 heteroatoms. The molecule has 1 aromatic heterocycles. The number of nitriles is 1. The van der Waals surface area contributed by atoms with Crippen molar-refractivity contribution in [1.82, 2.24) is 15.0 Å². The van der Waals surface area contributed by atoms with Crippen LogP contribution in [-0.4, -0.2) is 45.3 Å². The Morgan fingerprint density at radius 1 is 1.32 bits per heavy atom. The number of rotatable bonds is 6. The summed E-state index contributed by atoms with van der Waals surface area (Å²) in [6.45, 7) is 4.11. The molecule has 0 bridgehead atoms. The molecule has 5 rings (SSSR count). The van der Waals surface area contributed by atoms with Crippen LogP contribution < -0.4 is 4.74 Å². The van der Waals surface area contributed by atoms with E-state index in [4.69, 9.17) is 9.26 Å². The molecule has 1 fully saturated rings. The smallest absolute Gasteiger partial charge is 0.258 e. The molecule has 0 spiro atoms. The van der Waals surface area contributed by atoms with Crippen molar-refractivity contribution in [1.29, 1.82) is 5.26 Å². The van der Waals surface area contributed by atoms with Gasteiger partial charge in [-0.15, -0.1) is 0 Å². The van der Waals surface area contributed by atoms with Gasteiger partial charge in [0.1, 0.15) is 11.8 Å². The molecule has 1 amide bonds. The highest BCUT2D eigenvalue weighted by Gasteiger charge is 2.42. The van der Waals surface area contributed by atoms with Crippen molar-refractivity contribution < 1.29 is 19.2 Å². The lowest BCUT2D eigenvalue weighted by atomic mass is 9.89. The second-order valence-corrected chi connectivity index (χ2v) is 9.04. The minimum Gasteiger partial charge on any atom is -0.490 e. The first-order valence-electron chi connectivity index (χ1n) is 11.6. The molecule has 0 saturated carbocycles. The molecule has 2 unspecified atom stereocenters. The van der Waals surface area contributed by atoms with Gasteiger partial charge in [-0.2, -0.15) is 10.2 Å². The van der Waals surface area contributed by atoms with Crippen molar-refractivity contribution in [2.75, 3.05) is 13.2 Å². The average molecular weight is 459 g/mol. The molecule has 1 saturated heterocycles. The van der Waals surface area contributed by atoms with Gasteiger partial charge in [0, 0.05) is 24.1 Å².